The van der Waals surface area contributed by atoms with E-state index in [9.17, 15) is 31.9 Å². The summed E-state index contributed by atoms with van der Waals surface area (Å²) in [7, 11) is -3.88. The van der Waals surface area contributed by atoms with Crippen LogP contribution in [0.2, 0.25) is 0 Å². The Morgan fingerprint density at radius 1 is 1.10 bits per heavy atom. The Hall–Kier alpha value is -3.51. The van der Waals surface area contributed by atoms with Crippen molar-refractivity contribution in [2.45, 2.75) is 4.21 Å². The molecule has 3 aromatic rings. The number of phenols is 1. The topological polar surface area (TPSA) is 122 Å². The van der Waals surface area contributed by atoms with Gasteiger partial charge >= 0.3 is 5.97 Å². The highest BCUT2D eigenvalue weighted by Gasteiger charge is 2.19. The lowest BCUT2D eigenvalue weighted by atomic mass is 10.2. The quantitative estimate of drug-likeness (QED) is 0.361. The van der Waals surface area contributed by atoms with Crippen molar-refractivity contribution >= 4 is 44.6 Å². The molecule has 3 rings (SSSR count). The Morgan fingerprint density at radius 2 is 1.87 bits per heavy atom. The van der Waals surface area contributed by atoms with Crippen molar-refractivity contribution in [1.82, 2.24) is 0 Å². The first-order chi connectivity index (χ1) is 14.7. The molecule has 0 spiro atoms. The Kier molecular flexibility index (Phi) is 6.51. The molecule has 1 amide bonds. The molecule has 0 radical (unpaired) electrons. The van der Waals surface area contributed by atoms with Crippen molar-refractivity contribution in [3.63, 3.8) is 0 Å². The molecule has 0 saturated carbocycles. The lowest BCUT2D eigenvalue weighted by molar-refractivity contribution is -0.119. The van der Waals surface area contributed by atoms with Gasteiger partial charge in [-0.15, -0.1) is 11.3 Å². The largest absolute Gasteiger partial charge is 0.507 e. The lowest BCUT2D eigenvalue weighted by Gasteiger charge is -2.10. The van der Waals surface area contributed by atoms with Gasteiger partial charge in [0.2, 0.25) is 0 Å². The second kappa shape index (κ2) is 9.10. The molecule has 0 aliphatic carbocycles. The van der Waals surface area contributed by atoms with E-state index in [0.717, 1.165) is 35.6 Å². The number of nitrogens with one attached hydrogen (secondary N) is 2. The van der Waals surface area contributed by atoms with Gasteiger partial charge in [0.1, 0.15) is 27.2 Å². The van der Waals surface area contributed by atoms with E-state index in [-0.39, 0.29) is 15.6 Å². The number of carbonyl (C=O) groups is 2. The fourth-order valence-corrected chi connectivity index (χ4v) is 4.41. The van der Waals surface area contributed by atoms with Crippen LogP contribution in [0.1, 0.15) is 10.4 Å². The summed E-state index contributed by atoms with van der Waals surface area (Å²) >= 11 is 0.993. The van der Waals surface area contributed by atoms with Crippen molar-refractivity contribution in [1.29, 1.82) is 0 Å². The van der Waals surface area contributed by atoms with E-state index < -0.39 is 51.5 Å². The Balaban J connectivity index is 1.66. The maximum atomic E-state index is 13.6. The summed E-state index contributed by atoms with van der Waals surface area (Å²) in [6.07, 6.45) is 0. The molecule has 0 aliphatic heterocycles. The molecular weight excluding hydrogens is 454 g/mol. The van der Waals surface area contributed by atoms with Crippen LogP contribution < -0.4 is 10.0 Å². The zero-order chi connectivity index (χ0) is 22.6. The number of esters is 1. The second-order valence-electron chi connectivity index (χ2n) is 6.02. The van der Waals surface area contributed by atoms with Crippen LogP contribution >= 0.6 is 11.3 Å². The molecule has 2 aromatic carbocycles. The number of ether oxygens (including phenoxy) is 1. The van der Waals surface area contributed by atoms with Gasteiger partial charge in [-0.05, 0) is 41.8 Å². The standard InChI is InChI=1S/C19H14F2N2O6S2/c20-11-3-5-15(14(21)8-11)22-17(25)10-29-19(26)13-9-12(4-6-16(13)24)23-31(27,28)18-2-1-7-30-18/h1-9,23-24H,10H2,(H,22,25). The average molecular weight is 468 g/mol. The van der Waals surface area contributed by atoms with Gasteiger partial charge in [-0.2, -0.15) is 0 Å². The van der Waals surface area contributed by atoms with Crippen molar-refractivity contribution < 1.29 is 36.6 Å². The number of thiophene rings is 1. The highest BCUT2D eigenvalue weighted by atomic mass is 32.2. The number of hydrogen-bond acceptors (Lipinski definition) is 7. The van der Waals surface area contributed by atoms with Gasteiger partial charge in [0, 0.05) is 11.8 Å². The van der Waals surface area contributed by atoms with Crippen LogP contribution in [0.25, 0.3) is 0 Å². The summed E-state index contributed by atoms with van der Waals surface area (Å²) < 4.78 is 58.1. The zero-order valence-electron chi connectivity index (χ0n) is 15.5. The molecule has 0 fully saturated rings. The van der Waals surface area contributed by atoms with E-state index in [0.29, 0.717) is 6.07 Å². The summed E-state index contributed by atoms with van der Waals surface area (Å²) in [4.78, 5) is 24.1. The number of benzene rings is 2. The van der Waals surface area contributed by atoms with Gasteiger partial charge in [-0.1, -0.05) is 6.07 Å². The molecule has 0 atom stereocenters. The molecule has 31 heavy (non-hydrogen) atoms. The van der Waals surface area contributed by atoms with Crippen LogP contribution in [0.4, 0.5) is 20.2 Å². The van der Waals surface area contributed by atoms with Gasteiger partial charge in [0.25, 0.3) is 15.9 Å². The molecule has 1 heterocycles. The summed E-state index contributed by atoms with van der Waals surface area (Å²) in [5.74, 6) is -4.37. The third kappa shape index (κ3) is 5.55. The molecular formula is C19H14F2N2O6S2. The van der Waals surface area contributed by atoms with Gasteiger partial charge in [-0.25, -0.2) is 22.0 Å². The van der Waals surface area contributed by atoms with Gasteiger partial charge < -0.3 is 15.2 Å². The normalized spacial score (nSPS) is 11.0. The first-order valence-electron chi connectivity index (χ1n) is 8.47. The fourth-order valence-electron chi connectivity index (χ4n) is 2.37. The smallest absolute Gasteiger partial charge is 0.342 e. The summed E-state index contributed by atoms with van der Waals surface area (Å²) in [5.41, 5.74) is -0.724. The lowest BCUT2D eigenvalue weighted by Crippen LogP contribution is -2.21. The molecule has 3 N–H and O–H groups in total. The fraction of sp³-hybridized carbons (Fsp3) is 0.0526. The molecule has 1 aromatic heterocycles. The van der Waals surface area contributed by atoms with E-state index in [2.05, 4.69) is 10.0 Å². The van der Waals surface area contributed by atoms with E-state index >= 15 is 0 Å². The van der Waals surface area contributed by atoms with Crippen LogP contribution in [0.15, 0.2) is 58.1 Å². The third-order valence-corrected chi connectivity index (χ3v) is 6.55. The van der Waals surface area contributed by atoms with E-state index in [4.69, 9.17) is 4.74 Å². The average Bonchev–Trinajstić information content (AvgIpc) is 3.25. The summed E-state index contributed by atoms with van der Waals surface area (Å²) in [6.45, 7) is -0.833. The van der Waals surface area contributed by atoms with Crippen LogP contribution in [-0.4, -0.2) is 32.0 Å². The number of sulfonamides is 1. The minimum absolute atomic E-state index is 0.0176. The Labute approximate surface area is 179 Å². The number of amides is 1. The molecule has 0 saturated heterocycles. The second-order valence-corrected chi connectivity index (χ2v) is 8.87. The molecule has 162 valence electrons. The third-order valence-electron chi connectivity index (χ3n) is 3.77. The van der Waals surface area contributed by atoms with Crippen molar-refractivity contribution in [3.05, 3.63) is 71.1 Å². The van der Waals surface area contributed by atoms with Crippen molar-refractivity contribution in [3.8, 4) is 5.75 Å². The molecule has 0 aliphatic rings. The molecule has 12 heteroatoms. The summed E-state index contributed by atoms with van der Waals surface area (Å²) in [5, 5.41) is 13.6. The van der Waals surface area contributed by atoms with Gasteiger partial charge in [-0.3, -0.25) is 9.52 Å². The number of aromatic hydroxyl groups is 1. The number of anilines is 2. The maximum Gasteiger partial charge on any atom is 0.342 e. The number of phenolic OH excluding ortho intramolecular Hbond substituents is 1. The van der Waals surface area contributed by atoms with Gasteiger partial charge in [0.15, 0.2) is 6.61 Å². The van der Waals surface area contributed by atoms with Crippen molar-refractivity contribution in [2.75, 3.05) is 16.6 Å². The number of halogens is 2. The van der Waals surface area contributed by atoms with Gasteiger partial charge in [0.05, 0.1) is 5.69 Å². The number of hydrogen-bond donors (Lipinski definition) is 3. The highest BCUT2D eigenvalue weighted by Crippen LogP contribution is 2.25. The number of rotatable bonds is 7. The zero-order valence-corrected chi connectivity index (χ0v) is 17.1. The Bertz CT molecular complexity index is 1230. The number of carbonyl (C=O) groups excluding carboxylic acids is 2. The van der Waals surface area contributed by atoms with Crippen molar-refractivity contribution in [2.24, 2.45) is 0 Å². The van der Waals surface area contributed by atoms with E-state index in [1.807, 2.05) is 0 Å². The molecule has 0 unspecified atom stereocenters. The minimum Gasteiger partial charge on any atom is -0.507 e. The predicted molar refractivity (Wildman–Crippen MR) is 109 cm³/mol. The van der Waals surface area contributed by atoms with Crippen LogP contribution in [-0.2, 0) is 19.6 Å². The molecule has 0 bridgehead atoms. The Morgan fingerprint density at radius 3 is 2.55 bits per heavy atom. The first kappa shape index (κ1) is 22.2. The van der Waals surface area contributed by atoms with Crippen LogP contribution in [0, 0.1) is 11.6 Å². The summed E-state index contributed by atoms with van der Waals surface area (Å²) in [6, 6.07) is 8.82. The first-order valence-corrected chi connectivity index (χ1v) is 10.8. The molecule has 8 nitrogen and oxygen atoms in total. The van der Waals surface area contributed by atoms with Crippen LogP contribution in [0.3, 0.4) is 0 Å². The van der Waals surface area contributed by atoms with Crippen LogP contribution in [0.5, 0.6) is 5.75 Å². The van der Waals surface area contributed by atoms with E-state index in [1.54, 1.807) is 11.4 Å². The monoisotopic (exact) mass is 468 g/mol. The minimum atomic E-state index is -3.88. The predicted octanol–water partition coefficient (Wildman–Crippen LogP) is 3.33. The highest BCUT2D eigenvalue weighted by molar-refractivity contribution is 7.94. The SMILES string of the molecule is O=C(COC(=O)c1cc(NS(=O)(=O)c2cccs2)ccc1O)Nc1ccc(F)cc1F. The van der Waals surface area contributed by atoms with E-state index in [1.165, 1.54) is 12.1 Å². The maximum absolute atomic E-state index is 13.6.